The van der Waals surface area contributed by atoms with Gasteiger partial charge in [0.1, 0.15) is 17.5 Å². The molecule has 0 aliphatic heterocycles. The normalized spacial score (nSPS) is 10.6. The van der Waals surface area contributed by atoms with Crippen molar-refractivity contribution in [3.8, 4) is 28.5 Å². The van der Waals surface area contributed by atoms with Gasteiger partial charge < -0.3 is 5.73 Å². The lowest BCUT2D eigenvalue weighted by Crippen LogP contribution is -2.00. The Morgan fingerprint density at radius 2 is 1.92 bits per heavy atom. The van der Waals surface area contributed by atoms with Crippen molar-refractivity contribution < 1.29 is 0 Å². The molecule has 0 unspecified atom stereocenters. The summed E-state index contributed by atoms with van der Waals surface area (Å²) in [7, 11) is 1.83. The Morgan fingerprint density at radius 1 is 1.17 bits per heavy atom. The summed E-state index contributed by atoms with van der Waals surface area (Å²) < 4.78 is 1.70. The van der Waals surface area contributed by atoms with E-state index < -0.39 is 0 Å². The molecule has 3 aromatic rings. The first-order chi connectivity index (χ1) is 11.4. The van der Waals surface area contributed by atoms with E-state index in [4.69, 9.17) is 28.9 Å². The van der Waals surface area contributed by atoms with Gasteiger partial charge in [-0.3, -0.25) is 4.68 Å². The van der Waals surface area contributed by atoms with Crippen LogP contribution in [0.2, 0.25) is 10.0 Å². The van der Waals surface area contributed by atoms with Gasteiger partial charge in [0, 0.05) is 29.9 Å². The molecule has 0 aliphatic carbocycles. The van der Waals surface area contributed by atoms with E-state index in [0.29, 0.717) is 26.9 Å². The number of anilines is 1. The molecule has 2 aromatic heterocycles. The third kappa shape index (κ3) is 2.82. The van der Waals surface area contributed by atoms with Crippen LogP contribution in [0.5, 0.6) is 0 Å². The van der Waals surface area contributed by atoms with E-state index in [-0.39, 0.29) is 5.82 Å². The number of halogens is 2. The summed E-state index contributed by atoms with van der Waals surface area (Å²) in [6, 6.07) is 9.17. The average Bonchev–Trinajstić information content (AvgIpc) is 2.87. The van der Waals surface area contributed by atoms with Gasteiger partial charge in [-0.25, -0.2) is 4.98 Å². The molecule has 0 bridgehead atoms. The third-order valence-corrected chi connectivity index (χ3v) is 4.42. The van der Waals surface area contributed by atoms with Crippen molar-refractivity contribution >= 4 is 29.0 Å². The quantitative estimate of drug-likeness (QED) is 0.744. The molecule has 2 N–H and O–H groups in total. The van der Waals surface area contributed by atoms with Crippen LogP contribution in [0, 0.1) is 18.3 Å². The molecular weight excluding hydrogens is 345 g/mol. The van der Waals surface area contributed by atoms with Gasteiger partial charge in [-0.1, -0.05) is 29.3 Å². The lowest BCUT2D eigenvalue weighted by atomic mass is 9.99. The van der Waals surface area contributed by atoms with Crippen molar-refractivity contribution in [3.05, 3.63) is 51.8 Å². The molecule has 0 saturated heterocycles. The largest absolute Gasteiger partial charge is 0.383 e. The van der Waals surface area contributed by atoms with E-state index in [0.717, 1.165) is 16.8 Å². The Balaban J connectivity index is 2.26. The van der Waals surface area contributed by atoms with E-state index in [1.807, 2.05) is 32.3 Å². The second-order valence-corrected chi connectivity index (χ2v) is 6.17. The highest BCUT2D eigenvalue weighted by atomic mass is 35.5. The molecule has 5 nitrogen and oxygen atoms in total. The number of hydrogen-bond acceptors (Lipinski definition) is 4. The number of aryl methyl sites for hydroxylation is 2. The van der Waals surface area contributed by atoms with Crippen molar-refractivity contribution in [2.24, 2.45) is 7.05 Å². The Labute approximate surface area is 149 Å². The number of rotatable bonds is 2. The van der Waals surface area contributed by atoms with Crippen LogP contribution in [-0.4, -0.2) is 14.8 Å². The lowest BCUT2D eigenvalue weighted by molar-refractivity contribution is 0.756. The number of pyridine rings is 1. The monoisotopic (exact) mass is 357 g/mol. The molecule has 0 aliphatic rings. The van der Waals surface area contributed by atoms with Crippen LogP contribution in [0.15, 0.2) is 30.5 Å². The first-order valence-corrected chi connectivity index (χ1v) is 7.83. The fourth-order valence-corrected chi connectivity index (χ4v) is 2.86. The van der Waals surface area contributed by atoms with Crippen LogP contribution < -0.4 is 5.73 Å². The van der Waals surface area contributed by atoms with E-state index in [2.05, 4.69) is 16.2 Å². The Kier molecular flexibility index (Phi) is 4.18. The number of nitrogens with zero attached hydrogens (tertiary/aromatic N) is 4. The molecule has 7 heteroatoms. The minimum absolute atomic E-state index is 0.166. The topological polar surface area (TPSA) is 80.5 Å². The molecule has 3 rings (SSSR count). The van der Waals surface area contributed by atoms with Gasteiger partial charge in [-0.05, 0) is 25.1 Å². The molecule has 0 fully saturated rings. The number of nitriles is 1. The maximum absolute atomic E-state index is 9.46. The minimum Gasteiger partial charge on any atom is -0.383 e. The van der Waals surface area contributed by atoms with E-state index in [9.17, 15) is 5.26 Å². The summed E-state index contributed by atoms with van der Waals surface area (Å²) in [5.41, 5.74) is 10.1. The van der Waals surface area contributed by atoms with E-state index >= 15 is 0 Å². The standard InChI is InChI=1S/C17H13Cl2N5/c1-9-13(8-24(2)23-9)11-6-16(22-17(21)12(11)7-20)10-3-4-14(18)15(19)5-10/h3-6,8H,1-2H3,(H2,21,22). The van der Waals surface area contributed by atoms with Gasteiger partial charge in [-0.15, -0.1) is 0 Å². The highest BCUT2D eigenvalue weighted by molar-refractivity contribution is 6.42. The smallest absolute Gasteiger partial charge is 0.142 e. The fourth-order valence-electron chi connectivity index (χ4n) is 2.56. The van der Waals surface area contributed by atoms with Crippen LogP contribution in [0.4, 0.5) is 5.82 Å². The zero-order chi connectivity index (χ0) is 17.4. The van der Waals surface area contributed by atoms with Crippen LogP contribution in [-0.2, 0) is 7.05 Å². The number of nitrogen functional groups attached to an aromatic ring is 1. The molecule has 0 atom stereocenters. The van der Waals surface area contributed by atoms with Crippen molar-refractivity contribution in [2.75, 3.05) is 5.73 Å². The summed E-state index contributed by atoms with van der Waals surface area (Å²) >= 11 is 12.1. The second kappa shape index (κ2) is 6.16. The van der Waals surface area contributed by atoms with Crippen molar-refractivity contribution in [1.29, 1.82) is 5.26 Å². The van der Waals surface area contributed by atoms with Gasteiger partial charge in [-0.2, -0.15) is 10.4 Å². The second-order valence-electron chi connectivity index (χ2n) is 5.36. The Morgan fingerprint density at radius 3 is 2.50 bits per heavy atom. The molecule has 120 valence electrons. The summed E-state index contributed by atoms with van der Waals surface area (Å²) in [6.07, 6.45) is 1.85. The van der Waals surface area contributed by atoms with Crippen molar-refractivity contribution in [3.63, 3.8) is 0 Å². The Bertz CT molecular complexity index is 985. The summed E-state index contributed by atoms with van der Waals surface area (Å²) in [5, 5.41) is 14.7. The SMILES string of the molecule is Cc1nn(C)cc1-c1cc(-c2ccc(Cl)c(Cl)c2)nc(N)c1C#N. The molecule has 24 heavy (non-hydrogen) atoms. The molecule has 0 amide bonds. The predicted molar refractivity (Wildman–Crippen MR) is 95.8 cm³/mol. The number of hydrogen-bond donors (Lipinski definition) is 1. The number of benzene rings is 1. The average molecular weight is 358 g/mol. The zero-order valence-corrected chi connectivity index (χ0v) is 14.5. The number of aromatic nitrogens is 3. The zero-order valence-electron chi connectivity index (χ0n) is 13.0. The number of nitrogens with two attached hydrogens (primary N) is 1. The first-order valence-electron chi connectivity index (χ1n) is 7.07. The van der Waals surface area contributed by atoms with Gasteiger partial charge >= 0.3 is 0 Å². The summed E-state index contributed by atoms with van der Waals surface area (Å²) in [6.45, 7) is 1.88. The van der Waals surface area contributed by atoms with Gasteiger partial charge in [0.05, 0.1) is 21.4 Å². The van der Waals surface area contributed by atoms with Gasteiger partial charge in [0.2, 0.25) is 0 Å². The van der Waals surface area contributed by atoms with E-state index in [1.54, 1.807) is 16.8 Å². The molecule has 0 saturated carbocycles. The molecule has 0 spiro atoms. The first kappa shape index (κ1) is 16.3. The van der Waals surface area contributed by atoms with E-state index in [1.165, 1.54) is 0 Å². The summed E-state index contributed by atoms with van der Waals surface area (Å²) in [4.78, 5) is 4.33. The van der Waals surface area contributed by atoms with Crippen LogP contribution >= 0.6 is 23.2 Å². The van der Waals surface area contributed by atoms with Crippen LogP contribution in [0.1, 0.15) is 11.3 Å². The highest BCUT2D eigenvalue weighted by Crippen LogP contribution is 2.34. The Hall–Kier alpha value is -2.55. The molecular formula is C17H13Cl2N5. The highest BCUT2D eigenvalue weighted by Gasteiger charge is 2.17. The van der Waals surface area contributed by atoms with Gasteiger partial charge in [0.25, 0.3) is 0 Å². The molecule has 2 heterocycles. The van der Waals surface area contributed by atoms with Crippen LogP contribution in [0.25, 0.3) is 22.4 Å². The fraction of sp³-hybridized carbons (Fsp3) is 0.118. The predicted octanol–water partition coefficient (Wildman–Crippen LogP) is 4.22. The maximum atomic E-state index is 9.46. The summed E-state index contributed by atoms with van der Waals surface area (Å²) in [5.74, 6) is 0.166. The van der Waals surface area contributed by atoms with Gasteiger partial charge in [0.15, 0.2) is 0 Å². The minimum atomic E-state index is 0.166. The van der Waals surface area contributed by atoms with Crippen molar-refractivity contribution in [2.45, 2.75) is 6.92 Å². The third-order valence-electron chi connectivity index (χ3n) is 3.68. The molecule has 1 aromatic carbocycles. The maximum Gasteiger partial charge on any atom is 0.142 e. The molecule has 0 radical (unpaired) electrons. The van der Waals surface area contributed by atoms with Crippen molar-refractivity contribution in [1.82, 2.24) is 14.8 Å². The van der Waals surface area contributed by atoms with Crippen LogP contribution in [0.3, 0.4) is 0 Å². The lowest BCUT2D eigenvalue weighted by Gasteiger charge is -2.10.